The van der Waals surface area contributed by atoms with Crippen LogP contribution in [0.25, 0.3) is 0 Å². The van der Waals surface area contributed by atoms with Gasteiger partial charge >= 0.3 is 20.0 Å². The Morgan fingerprint density at radius 3 is 2.53 bits per heavy atom. The summed E-state index contributed by atoms with van der Waals surface area (Å²) in [4.78, 5) is 49.3. The topological polar surface area (TPSA) is 119 Å². The summed E-state index contributed by atoms with van der Waals surface area (Å²) in [7, 11) is 3.10. The monoisotopic (exact) mass is 428 g/mol. The molecule has 1 unspecified atom stereocenters. The van der Waals surface area contributed by atoms with E-state index in [9.17, 15) is 23.4 Å². The fourth-order valence-corrected chi connectivity index (χ4v) is 4.73. The molecule has 1 N–H and O–H groups in total. The van der Waals surface area contributed by atoms with Crippen molar-refractivity contribution in [1.82, 2.24) is 10.2 Å². The number of hydrogen-bond acceptors (Lipinski definition) is 7. The molecule has 0 aliphatic carbocycles. The Balaban J connectivity index is 1.85. The SMILES string of the molecule is [B]OC(=O)C1=C(COC(C)=O)C(=C)S(=O)[C@@H]2[C@H](NC(=O)Cc3ccccc3)C(=O)N12. The molecule has 3 atom stereocenters. The fourth-order valence-electron chi connectivity index (χ4n) is 3.20. The quantitative estimate of drug-likeness (QED) is 0.372. The first-order valence-electron chi connectivity index (χ1n) is 8.80. The number of benzene rings is 1. The minimum absolute atomic E-state index is 0.0206. The molecule has 2 heterocycles. The molecule has 0 aromatic heterocycles. The summed E-state index contributed by atoms with van der Waals surface area (Å²) in [6, 6.07) is 7.76. The number of carbonyl (C=O) groups excluding carboxylic acids is 4. The van der Waals surface area contributed by atoms with Crippen LogP contribution in [0.15, 0.2) is 53.1 Å². The van der Waals surface area contributed by atoms with Crippen molar-refractivity contribution in [2.24, 2.45) is 0 Å². The van der Waals surface area contributed by atoms with Crippen molar-refractivity contribution in [2.75, 3.05) is 6.61 Å². The van der Waals surface area contributed by atoms with E-state index in [1.165, 1.54) is 0 Å². The minimum Gasteiger partial charge on any atom is -0.539 e. The van der Waals surface area contributed by atoms with Gasteiger partial charge in [-0.15, -0.1) is 0 Å². The summed E-state index contributed by atoms with van der Waals surface area (Å²) in [5.74, 6) is -2.84. The molecule has 0 spiro atoms. The van der Waals surface area contributed by atoms with Crippen molar-refractivity contribution in [1.29, 1.82) is 0 Å². The Labute approximate surface area is 176 Å². The molecule has 1 aromatic rings. The Kier molecular flexibility index (Phi) is 6.21. The van der Waals surface area contributed by atoms with Gasteiger partial charge in [0.25, 0.3) is 5.91 Å². The van der Waals surface area contributed by atoms with Crippen molar-refractivity contribution >= 4 is 42.6 Å². The van der Waals surface area contributed by atoms with Crippen LogP contribution in [0.5, 0.6) is 0 Å². The Morgan fingerprint density at radius 2 is 1.93 bits per heavy atom. The molecule has 0 bridgehead atoms. The number of nitrogens with one attached hydrogen (secondary N) is 1. The van der Waals surface area contributed by atoms with Gasteiger partial charge in [0.05, 0.1) is 17.2 Å². The van der Waals surface area contributed by atoms with E-state index in [-0.39, 0.29) is 22.6 Å². The standard InChI is InChI=1S/C19H17BN2O7S/c1-10-13(9-28-11(2)23)16(19(26)29-20)22-17(25)15(18(22)30(10)27)21-14(24)8-12-6-4-3-5-7-12/h3-7,15,18H,1,8-9H2,2H3,(H,21,24)/t15-,18-,30?/m1/s1. The molecule has 2 amide bonds. The highest BCUT2D eigenvalue weighted by Gasteiger charge is 2.58. The molecule has 30 heavy (non-hydrogen) atoms. The minimum atomic E-state index is -1.87. The zero-order valence-corrected chi connectivity index (χ0v) is 16.8. The van der Waals surface area contributed by atoms with Crippen LogP contribution >= 0.6 is 0 Å². The third kappa shape index (κ3) is 3.93. The van der Waals surface area contributed by atoms with E-state index in [4.69, 9.17) is 12.8 Å². The zero-order valence-electron chi connectivity index (χ0n) is 16.0. The molecule has 3 rings (SSSR count). The largest absolute Gasteiger partial charge is 0.539 e. The van der Waals surface area contributed by atoms with Gasteiger partial charge in [0.15, 0.2) is 0 Å². The number of carbonyl (C=O) groups is 4. The molecule has 1 saturated heterocycles. The van der Waals surface area contributed by atoms with E-state index in [1.54, 1.807) is 24.3 Å². The van der Waals surface area contributed by atoms with Crippen molar-refractivity contribution < 1.29 is 32.8 Å². The number of nitrogens with zero attached hydrogens (tertiary/aromatic N) is 1. The van der Waals surface area contributed by atoms with Crippen molar-refractivity contribution in [3.8, 4) is 0 Å². The van der Waals surface area contributed by atoms with Gasteiger partial charge in [0.2, 0.25) is 5.91 Å². The zero-order chi connectivity index (χ0) is 22.0. The Morgan fingerprint density at radius 1 is 1.27 bits per heavy atom. The number of ether oxygens (including phenoxy) is 1. The molecule has 1 aromatic carbocycles. The van der Waals surface area contributed by atoms with E-state index in [0.717, 1.165) is 17.4 Å². The third-order valence-electron chi connectivity index (χ3n) is 4.61. The van der Waals surface area contributed by atoms with Crippen molar-refractivity contribution in [2.45, 2.75) is 24.8 Å². The smallest absolute Gasteiger partial charge is 0.378 e. The highest BCUT2D eigenvalue weighted by atomic mass is 32.2. The molecule has 2 radical (unpaired) electrons. The predicted octanol–water partition coefficient (Wildman–Crippen LogP) is -0.398. The average molecular weight is 428 g/mol. The van der Waals surface area contributed by atoms with Gasteiger partial charge in [-0.2, -0.15) is 0 Å². The molecule has 1 fully saturated rings. The first-order valence-corrected chi connectivity index (χ1v) is 10.0. The number of amides is 2. The van der Waals surface area contributed by atoms with E-state index >= 15 is 0 Å². The Hall–Kier alpha value is -3.21. The summed E-state index contributed by atoms with van der Waals surface area (Å²) in [6.45, 7) is 4.41. The number of hydrogen-bond donors (Lipinski definition) is 1. The summed E-state index contributed by atoms with van der Waals surface area (Å²) in [6.07, 6.45) is 0.0240. The predicted molar refractivity (Wildman–Crippen MR) is 105 cm³/mol. The number of esters is 1. The molecule has 154 valence electrons. The normalized spacial score (nSPS) is 22.7. The highest BCUT2D eigenvalue weighted by molar-refractivity contribution is 7.90. The van der Waals surface area contributed by atoms with Crippen LogP contribution in [0, 0.1) is 0 Å². The lowest BCUT2D eigenvalue weighted by atomic mass is 10.0. The number of β-lactam (4-membered cyclic amide) rings is 1. The molecule has 2 aliphatic heterocycles. The van der Waals surface area contributed by atoms with Gasteiger partial charge in [-0.05, 0) is 5.56 Å². The van der Waals surface area contributed by atoms with Crippen molar-refractivity contribution in [3.63, 3.8) is 0 Å². The average Bonchev–Trinajstić information content (AvgIpc) is 2.72. The summed E-state index contributed by atoms with van der Waals surface area (Å²) >= 11 is 0. The molecule has 2 aliphatic rings. The van der Waals surface area contributed by atoms with Crippen LogP contribution in [0.3, 0.4) is 0 Å². The van der Waals surface area contributed by atoms with Gasteiger partial charge in [-0.3, -0.25) is 23.5 Å². The van der Waals surface area contributed by atoms with Crippen LogP contribution in [-0.4, -0.2) is 58.9 Å². The second-order valence-corrected chi connectivity index (χ2v) is 8.11. The number of rotatable bonds is 6. The first kappa shape index (κ1) is 21.5. The van der Waals surface area contributed by atoms with Gasteiger partial charge in [-0.1, -0.05) is 36.9 Å². The second kappa shape index (κ2) is 8.66. The number of fused-ring (bicyclic) bond motifs is 1. The lowest BCUT2D eigenvalue weighted by molar-refractivity contribution is -0.150. The summed E-state index contributed by atoms with van der Waals surface area (Å²) in [5.41, 5.74) is 0.397. The van der Waals surface area contributed by atoms with Crippen LogP contribution in [0.2, 0.25) is 0 Å². The molecular formula is C19H17BN2O7S. The van der Waals surface area contributed by atoms with Crippen molar-refractivity contribution in [3.05, 3.63) is 58.6 Å². The lowest BCUT2D eigenvalue weighted by Gasteiger charge is -2.49. The highest BCUT2D eigenvalue weighted by Crippen LogP contribution is 2.39. The van der Waals surface area contributed by atoms with Gasteiger partial charge in [0.1, 0.15) is 23.7 Å². The Bertz CT molecular complexity index is 992. The molecule has 11 heteroatoms. The van der Waals surface area contributed by atoms with E-state index in [2.05, 4.69) is 16.6 Å². The van der Waals surface area contributed by atoms with Crippen LogP contribution in [-0.2, 0) is 45.8 Å². The van der Waals surface area contributed by atoms with E-state index in [1.807, 2.05) is 6.07 Å². The van der Waals surface area contributed by atoms with Crippen LogP contribution in [0.1, 0.15) is 12.5 Å². The van der Waals surface area contributed by atoms with Gasteiger partial charge < -0.3 is 14.7 Å². The van der Waals surface area contributed by atoms with E-state index in [0.29, 0.717) is 0 Å². The van der Waals surface area contributed by atoms with Crippen LogP contribution in [0.4, 0.5) is 0 Å². The molecule has 0 saturated carbocycles. The maximum atomic E-state index is 12.9. The summed E-state index contributed by atoms with van der Waals surface area (Å²) in [5, 5.41) is 1.50. The lowest BCUT2D eigenvalue weighted by Crippen LogP contribution is -2.73. The summed E-state index contributed by atoms with van der Waals surface area (Å²) < 4.78 is 22.0. The fraction of sp³-hybridized carbons (Fsp3) is 0.263. The molecule has 9 nitrogen and oxygen atoms in total. The van der Waals surface area contributed by atoms with Gasteiger partial charge in [-0.25, -0.2) is 4.79 Å². The maximum Gasteiger partial charge on any atom is 0.378 e. The third-order valence-corrected chi connectivity index (χ3v) is 6.27. The van der Waals surface area contributed by atoms with Crippen LogP contribution < -0.4 is 5.32 Å². The second-order valence-electron chi connectivity index (χ2n) is 6.54. The molecular weight excluding hydrogens is 411 g/mol. The van der Waals surface area contributed by atoms with E-state index < -0.39 is 52.6 Å². The van der Waals surface area contributed by atoms with Gasteiger partial charge in [0, 0.05) is 17.4 Å². The first-order chi connectivity index (χ1) is 14.3. The maximum absolute atomic E-state index is 12.9.